The summed E-state index contributed by atoms with van der Waals surface area (Å²) in [6.45, 7) is 4.64. The summed E-state index contributed by atoms with van der Waals surface area (Å²) in [5, 5.41) is 1.25. The first-order valence-corrected chi connectivity index (χ1v) is 8.34. The number of nitrogens with two attached hydrogens (primary N) is 1. The van der Waals surface area contributed by atoms with Crippen LogP contribution in [-0.2, 0) is 0 Å². The molecule has 2 rings (SSSR count). The molecule has 2 aromatic rings. The molecule has 0 fully saturated rings. The van der Waals surface area contributed by atoms with E-state index in [9.17, 15) is 0 Å². The Kier molecular flexibility index (Phi) is 6.16. The number of hydrogen-bond acceptors (Lipinski definition) is 3. The van der Waals surface area contributed by atoms with E-state index in [1.54, 1.807) is 12.1 Å². The maximum Gasteiger partial charge on any atom is 0.159 e. The molecule has 5 heteroatoms. The fourth-order valence-corrected chi connectivity index (χ4v) is 2.62. The largest absolute Gasteiger partial charge is 0.493 e. The zero-order chi connectivity index (χ0) is 15.9. The van der Waals surface area contributed by atoms with Gasteiger partial charge in [0, 0.05) is 10.8 Å². The van der Waals surface area contributed by atoms with Gasteiger partial charge in [-0.3, -0.25) is 0 Å². The Labute approximate surface area is 140 Å². The summed E-state index contributed by atoms with van der Waals surface area (Å²) in [5.41, 5.74) is 9.18. The quantitative estimate of drug-likeness (QED) is 0.489. The van der Waals surface area contributed by atoms with E-state index in [0.717, 1.165) is 28.3 Å². The van der Waals surface area contributed by atoms with E-state index in [1.807, 2.05) is 44.2 Å². The Morgan fingerprint density at radius 2 is 1.77 bits per heavy atom. The molecule has 0 saturated carbocycles. The Balaban J connectivity index is 1.83. The number of para-hydroxylation sites is 1. The lowest BCUT2D eigenvalue weighted by molar-refractivity contribution is 0.344. The van der Waals surface area contributed by atoms with Crippen LogP contribution < -0.4 is 10.5 Å². The number of benzene rings is 2. The third-order valence-electron chi connectivity index (χ3n) is 3.08. The number of nitrogens with zero attached hydrogens (tertiary/aromatic N) is 1. The molecule has 116 valence electrons. The third kappa shape index (κ3) is 4.97. The van der Waals surface area contributed by atoms with Gasteiger partial charge in [0.1, 0.15) is 5.75 Å². The second kappa shape index (κ2) is 8.11. The number of amidine groups is 1. The van der Waals surface area contributed by atoms with Crippen LogP contribution in [0.1, 0.15) is 11.1 Å². The van der Waals surface area contributed by atoms with Gasteiger partial charge in [-0.25, -0.2) is 4.99 Å². The SMILES string of the molecule is Cc1cccc(C)c1N=C(N)SCCOc1ccc(Cl)cc1. The van der Waals surface area contributed by atoms with Gasteiger partial charge in [-0.1, -0.05) is 41.6 Å². The molecule has 0 aromatic heterocycles. The average Bonchev–Trinajstić information content (AvgIpc) is 2.49. The summed E-state index contributed by atoms with van der Waals surface area (Å²) in [6.07, 6.45) is 0. The highest BCUT2D eigenvalue weighted by molar-refractivity contribution is 8.13. The number of rotatable bonds is 5. The van der Waals surface area contributed by atoms with Crippen LogP contribution >= 0.6 is 23.4 Å². The molecule has 0 unspecified atom stereocenters. The number of hydrogen-bond donors (Lipinski definition) is 1. The summed E-state index contributed by atoms with van der Waals surface area (Å²) < 4.78 is 5.62. The lowest BCUT2D eigenvalue weighted by atomic mass is 10.1. The van der Waals surface area contributed by atoms with Crippen LogP contribution in [0, 0.1) is 13.8 Å². The molecule has 0 aliphatic heterocycles. The van der Waals surface area contributed by atoms with Crippen molar-refractivity contribution in [3.8, 4) is 5.75 Å². The van der Waals surface area contributed by atoms with Gasteiger partial charge in [0.2, 0.25) is 0 Å². The first-order valence-electron chi connectivity index (χ1n) is 6.98. The second-order valence-electron chi connectivity index (χ2n) is 4.84. The highest BCUT2D eigenvalue weighted by Gasteiger charge is 2.02. The smallest absolute Gasteiger partial charge is 0.159 e. The van der Waals surface area contributed by atoms with Crippen molar-refractivity contribution < 1.29 is 4.74 Å². The summed E-state index contributed by atoms with van der Waals surface area (Å²) in [7, 11) is 0. The van der Waals surface area contributed by atoms with Crippen molar-refractivity contribution in [2.24, 2.45) is 10.7 Å². The van der Waals surface area contributed by atoms with Crippen molar-refractivity contribution in [3.05, 3.63) is 58.6 Å². The van der Waals surface area contributed by atoms with Crippen LogP contribution in [0.4, 0.5) is 5.69 Å². The first-order chi connectivity index (χ1) is 10.6. The fourth-order valence-electron chi connectivity index (χ4n) is 1.96. The summed E-state index contributed by atoms with van der Waals surface area (Å²) >= 11 is 7.31. The number of aliphatic imine (C=N–C) groups is 1. The fraction of sp³-hybridized carbons (Fsp3) is 0.235. The number of halogens is 1. The molecule has 0 heterocycles. The molecule has 0 aliphatic carbocycles. The minimum absolute atomic E-state index is 0.553. The lowest BCUT2D eigenvalue weighted by Gasteiger charge is -2.07. The van der Waals surface area contributed by atoms with Crippen LogP contribution in [0.5, 0.6) is 5.75 Å². The highest BCUT2D eigenvalue weighted by Crippen LogP contribution is 2.24. The predicted octanol–water partition coefficient (Wildman–Crippen LogP) is 4.72. The molecule has 0 atom stereocenters. The second-order valence-corrected chi connectivity index (χ2v) is 6.39. The van der Waals surface area contributed by atoms with E-state index >= 15 is 0 Å². The van der Waals surface area contributed by atoms with Gasteiger partial charge in [0.15, 0.2) is 5.17 Å². The van der Waals surface area contributed by atoms with Crippen molar-refractivity contribution in [2.45, 2.75) is 13.8 Å². The van der Waals surface area contributed by atoms with Crippen molar-refractivity contribution in [3.63, 3.8) is 0 Å². The molecule has 2 N–H and O–H groups in total. The zero-order valence-electron chi connectivity index (χ0n) is 12.7. The van der Waals surface area contributed by atoms with Crippen LogP contribution in [0.2, 0.25) is 5.02 Å². The van der Waals surface area contributed by atoms with E-state index in [2.05, 4.69) is 4.99 Å². The number of thioether (sulfide) groups is 1. The maximum absolute atomic E-state index is 5.98. The first kappa shape index (κ1) is 16.7. The topological polar surface area (TPSA) is 47.6 Å². The molecule has 0 aliphatic rings. The molecular weight excluding hydrogens is 316 g/mol. The van der Waals surface area contributed by atoms with Gasteiger partial charge in [-0.05, 0) is 49.2 Å². The van der Waals surface area contributed by atoms with Crippen molar-refractivity contribution in [1.29, 1.82) is 0 Å². The standard InChI is InChI=1S/C17H19ClN2OS/c1-12-4-3-5-13(2)16(12)20-17(19)22-11-10-21-15-8-6-14(18)7-9-15/h3-9H,10-11H2,1-2H3,(H2,19,20). The molecular formula is C17H19ClN2OS. The van der Waals surface area contributed by atoms with Gasteiger partial charge in [0.05, 0.1) is 12.3 Å². The molecule has 0 amide bonds. The molecule has 0 bridgehead atoms. The van der Waals surface area contributed by atoms with Crippen LogP contribution in [0.15, 0.2) is 47.5 Å². The van der Waals surface area contributed by atoms with Gasteiger partial charge < -0.3 is 10.5 Å². The number of ether oxygens (including phenoxy) is 1. The molecule has 0 saturated heterocycles. The van der Waals surface area contributed by atoms with Crippen LogP contribution in [-0.4, -0.2) is 17.5 Å². The zero-order valence-corrected chi connectivity index (χ0v) is 14.2. The Bertz CT molecular complexity index is 636. The minimum Gasteiger partial charge on any atom is -0.493 e. The molecule has 22 heavy (non-hydrogen) atoms. The van der Waals surface area contributed by atoms with Gasteiger partial charge in [-0.2, -0.15) is 0 Å². The Hall–Kier alpha value is -1.65. The lowest BCUT2D eigenvalue weighted by Crippen LogP contribution is -2.10. The molecule has 3 nitrogen and oxygen atoms in total. The van der Waals surface area contributed by atoms with Gasteiger partial charge >= 0.3 is 0 Å². The van der Waals surface area contributed by atoms with Crippen molar-refractivity contribution in [1.82, 2.24) is 0 Å². The summed E-state index contributed by atoms with van der Waals surface area (Å²) in [4.78, 5) is 4.50. The van der Waals surface area contributed by atoms with E-state index in [4.69, 9.17) is 22.1 Å². The highest BCUT2D eigenvalue weighted by atomic mass is 35.5. The monoisotopic (exact) mass is 334 g/mol. The predicted molar refractivity (Wildman–Crippen MR) is 96.6 cm³/mol. The van der Waals surface area contributed by atoms with E-state index in [-0.39, 0.29) is 0 Å². The van der Waals surface area contributed by atoms with Crippen molar-refractivity contribution >= 4 is 34.2 Å². The van der Waals surface area contributed by atoms with Gasteiger partial charge in [-0.15, -0.1) is 0 Å². The van der Waals surface area contributed by atoms with E-state index in [0.29, 0.717) is 16.8 Å². The molecule has 0 radical (unpaired) electrons. The summed E-state index contributed by atoms with van der Waals surface area (Å²) in [6, 6.07) is 13.4. The molecule has 2 aromatic carbocycles. The van der Waals surface area contributed by atoms with E-state index in [1.165, 1.54) is 11.8 Å². The van der Waals surface area contributed by atoms with Gasteiger partial charge in [0.25, 0.3) is 0 Å². The maximum atomic E-state index is 5.98. The Morgan fingerprint density at radius 1 is 1.14 bits per heavy atom. The number of aryl methyl sites for hydroxylation is 2. The van der Waals surface area contributed by atoms with Crippen LogP contribution in [0.25, 0.3) is 0 Å². The van der Waals surface area contributed by atoms with Crippen molar-refractivity contribution in [2.75, 3.05) is 12.4 Å². The van der Waals surface area contributed by atoms with Crippen LogP contribution in [0.3, 0.4) is 0 Å². The third-order valence-corrected chi connectivity index (χ3v) is 4.09. The normalized spacial score (nSPS) is 11.5. The van der Waals surface area contributed by atoms with E-state index < -0.39 is 0 Å². The molecule has 0 spiro atoms. The minimum atomic E-state index is 0.553. The Morgan fingerprint density at radius 3 is 2.41 bits per heavy atom. The summed E-state index contributed by atoms with van der Waals surface area (Å²) in [5.74, 6) is 1.54. The average molecular weight is 335 g/mol.